The largest absolute Gasteiger partial charge is 0.492 e. The summed E-state index contributed by atoms with van der Waals surface area (Å²) < 4.78 is 45.8. The van der Waals surface area contributed by atoms with Crippen LogP contribution in [0.1, 0.15) is 43.6 Å². The third-order valence-corrected chi connectivity index (χ3v) is 4.33. The van der Waals surface area contributed by atoms with Crippen molar-refractivity contribution in [3.05, 3.63) is 65.0 Å². The van der Waals surface area contributed by atoms with Crippen LogP contribution in [0.4, 0.5) is 24.5 Å². The second-order valence-corrected chi connectivity index (χ2v) is 8.22. The van der Waals surface area contributed by atoms with E-state index >= 15 is 0 Å². The normalized spacial score (nSPS) is 11.7. The number of benzene rings is 2. The van der Waals surface area contributed by atoms with Crippen molar-refractivity contribution in [3.8, 4) is 5.75 Å². The van der Waals surface area contributed by atoms with E-state index in [0.717, 1.165) is 6.07 Å². The van der Waals surface area contributed by atoms with Gasteiger partial charge in [0.25, 0.3) is 0 Å². The van der Waals surface area contributed by atoms with E-state index < -0.39 is 17.4 Å². The molecule has 0 unspecified atom stereocenters. The highest BCUT2D eigenvalue weighted by Crippen LogP contribution is 2.39. The average molecular weight is 418 g/mol. The smallest absolute Gasteiger partial charge is 0.407 e. The van der Waals surface area contributed by atoms with Gasteiger partial charge in [0.1, 0.15) is 12.4 Å². The van der Waals surface area contributed by atoms with Crippen molar-refractivity contribution in [1.82, 2.24) is 0 Å². The number of hydrogen-bond acceptors (Lipinski definition) is 3. The van der Waals surface area contributed by atoms with E-state index in [1.807, 2.05) is 25.7 Å². The van der Waals surface area contributed by atoms with Gasteiger partial charge in [-0.05, 0) is 48.7 Å². The Bertz CT molecular complexity index is 923. The first-order valence-corrected chi connectivity index (χ1v) is 9.48. The van der Waals surface area contributed by atoms with Gasteiger partial charge in [0.2, 0.25) is 0 Å². The predicted molar refractivity (Wildman–Crippen MR) is 111 cm³/mol. The Balaban J connectivity index is 2.20. The number of ether oxygens (including phenoxy) is 1. The molecule has 0 saturated heterocycles. The Morgan fingerprint density at radius 3 is 2.23 bits per heavy atom. The van der Waals surface area contributed by atoms with E-state index in [2.05, 4.69) is 4.85 Å². The van der Waals surface area contributed by atoms with Crippen LogP contribution in [0.25, 0.3) is 4.85 Å². The molecule has 0 aliphatic carbocycles. The fraction of sp³-hybridized carbons (Fsp3) is 0.391. The number of Topliss-reactive ketones (excluding diaryl/α,β-unsaturated/α-hetero) is 1. The van der Waals surface area contributed by atoms with Crippen molar-refractivity contribution >= 4 is 17.2 Å². The molecule has 0 amide bonds. The molecule has 2 rings (SSSR count). The van der Waals surface area contributed by atoms with Crippen molar-refractivity contribution in [2.45, 2.75) is 33.9 Å². The van der Waals surface area contributed by atoms with E-state index in [-0.39, 0.29) is 17.8 Å². The number of rotatable bonds is 7. The third-order valence-electron chi connectivity index (χ3n) is 4.33. The summed E-state index contributed by atoms with van der Waals surface area (Å²) in [7, 11) is 0. The number of nitrogens with zero attached hydrogens (tertiary/aromatic N) is 2. The highest BCUT2D eigenvalue weighted by atomic mass is 19.4. The van der Waals surface area contributed by atoms with Gasteiger partial charge < -0.3 is 9.64 Å². The standard InChI is InChI=1S/C23H25F3N2O2/c1-16(29)17-6-9-19(10-7-17)30-13-12-28(15-22(2,3)4)18-8-11-21(27-5)20(14-18)23(24,25)26/h6-11,14H,12-13,15H2,1-4H3. The van der Waals surface area contributed by atoms with Crippen molar-refractivity contribution < 1.29 is 22.7 Å². The summed E-state index contributed by atoms with van der Waals surface area (Å²) in [5, 5.41) is 0. The third kappa shape index (κ3) is 6.51. The monoisotopic (exact) mass is 418 g/mol. The average Bonchev–Trinajstić information content (AvgIpc) is 2.65. The van der Waals surface area contributed by atoms with E-state index in [1.54, 1.807) is 24.3 Å². The molecule has 0 atom stereocenters. The molecule has 0 N–H and O–H groups in total. The van der Waals surface area contributed by atoms with Gasteiger partial charge in [-0.3, -0.25) is 4.79 Å². The van der Waals surface area contributed by atoms with Gasteiger partial charge in [-0.1, -0.05) is 26.8 Å². The van der Waals surface area contributed by atoms with E-state index in [1.165, 1.54) is 19.1 Å². The lowest BCUT2D eigenvalue weighted by Crippen LogP contribution is -2.36. The summed E-state index contributed by atoms with van der Waals surface area (Å²) >= 11 is 0. The molecule has 0 aliphatic heterocycles. The Labute approximate surface area is 175 Å². The molecule has 0 fully saturated rings. The Hall–Kier alpha value is -3.01. The van der Waals surface area contributed by atoms with Crippen LogP contribution in [0, 0.1) is 12.0 Å². The first-order valence-electron chi connectivity index (χ1n) is 9.48. The van der Waals surface area contributed by atoms with Crippen LogP contribution in [0.15, 0.2) is 42.5 Å². The minimum atomic E-state index is -4.60. The number of anilines is 1. The second kappa shape index (κ2) is 9.21. The summed E-state index contributed by atoms with van der Waals surface area (Å²) in [4.78, 5) is 16.2. The van der Waals surface area contributed by atoms with Crippen LogP contribution >= 0.6 is 0 Å². The van der Waals surface area contributed by atoms with E-state index in [9.17, 15) is 18.0 Å². The molecule has 2 aromatic carbocycles. The lowest BCUT2D eigenvalue weighted by molar-refractivity contribution is -0.136. The molecule has 0 saturated carbocycles. The second-order valence-electron chi connectivity index (χ2n) is 8.22. The van der Waals surface area contributed by atoms with Crippen molar-refractivity contribution in [2.75, 3.05) is 24.6 Å². The molecule has 0 heterocycles. The zero-order valence-electron chi connectivity index (χ0n) is 17.5. The quantitative estimate of drug-likeness (QED) is 0.386. The molecule has 0 spiro atoms. The van der Waals surface area contributed by atoms with Crippen LogP contribution in [-0.4, -0.2) is 25.5 Å². The number of alkyl halides is 3. The minimum Gasteiger partial charge on any atom is -0.492 e. The lowest BCUT2D eigenvalue weighted by atomic mass is 9.95. The molecule has 160 valence electrons. The maximum Gasteiger partial charge on any atom is 0.407 e. The van der Waals surface area contributed by atoms with Gasteiger partial charge in [-0.25, -0.2) is 4.85 Å². The van der Waals surface area contributed by atoms with E-state index in [0.29, 0.717) is 30.1 Å². The van der Waals surface area contributed by atoms with Crippen molar-refractivity contribution in [1.29, 1.82) is 0 Å². The van der Waals surface area contributed by atoms with Crippen LogP contribution in [0.3, 0.4) is 0 Å². The number of carbonyl (C=O) groups is 1. The highest BCUT2D eigenvalue weighted by Gasteiger charge is 2.34. The molecule has 30 heavy (non-hydrogen) atoms. The number of carbonyl (C=O) groups excluding carboxylic acids is 1. The van der Waals surface area contributed by atoms with Crippen LogP contribution in [-0.2, 0) is 6.18 Å². The first kappa shape index (κ1) is 23.3. The molecule has 4 nitrogen and oxygen atoms in total. The van der Waals surface area contributed by atoms with Gasteiger partial charge in [0.05, 0.1) is 18.7 Å². The Morgan fingerprint density at radius 1 is 1.10 bits per heavy atom. The highest BCUT2D eigenvalue weighted by molar-refractivity contribution is 5.94. The fourth-order valence-corrected chi connectivity index (χ4v) is 2.98. The maximum absolute atomic E-state index is 13.4. The molecule has 7 heteroatoms. The number of halogens is 3. The number of hydrogen-bond donors (Lipinski definition) is 0. The summed E-state index contributed by atoms with van der Waals surface area (Å²) in [5.74, 6) is 0.538. The molecular formula is C23H25F3N2O2. The molecule has 0 bridgehead atoms. The van der Waals surface area contributed by atoms with Crippen LogP contribution in [0.2, 0.25) is 0 Å². The van der Waals surface area contributed by atoms with Gasteiger partial charge in [-0.2, -0.15) is 13.2 Å². The SMILES string of the molecule is [C-]#[N+]c1ccc(N(CCOc2ccc(C(C)=O)cc2)CC(C)(C)C)cc1C(F)(F)F. The van der Waals surface area contributed by atoms with Crippen molar-refractivity contribution in [2.24, 2.45) is 5.41 Å². The molecule has 2 aromatic rings. The van der Waals surface area contributed by atoms with Gasteiger partial charge >= 0.3 is 6.18 Å². The Kier molecular flexibility index (Phi) is 7.14. The van der Waals surface area contributed by atoms with Crippen LogP contribution < -0.4 is 9.64 Å². The predicted octanol–water partition coefficient (Wildman–Crippen LogP) is 6.39. The maximum atomic E-state index is 13.4. The fourth-order valence-electron chi connectivity index (χ4n) is 2.98. The topological polar surface area (TPSA) is 33.9 Å². The molecule has 0 aliphatic rings. The summed E-state index contributed by atoms with van der Waals surface area (Å²) in [5.41, 5.74) is -0.546. The summed E-state index contributed by atoms with van der Waals surface area (Å²) in [6.07, 6.45) is -4.60. The summed E-state index contributed by atoms with van der Waals surface area (Å²) in [6, 6.07) is 10.5. The zero-order chi connectivity index (χ0) is 22.5. The van der Waals surface area contributed by atoms with E-state index in [4.69, 9.17) is 11.3 Å². The van der Waals surface area contributed by atoms with Gasteiger partial charge in [-0.15, -0.1) is 0 Å². The number of ketones is 1. The van der Waals surface area contributed by atoms with Gasteiger partial charge in [0.15, 0.2) is 11.5 Å². The molecular weight excluding hydrogens is 393 g/mol. The van der Waals surface area contributed by atoms with Crippen molar-refractivity contribution in [3.63, 3.8) is 0 Å². The molecule has 0 aromatic heterocycles. The Morgan fingerprint density at radius 2 is 1.73 bits per heavy atom. The zero-order valence-corrected chi connectivity index (χ0v) is 17.5. The first-order chi connectivity index (χ1) is 13.9. The summed E-state index contributed by atoms with van der Waals surface area (Å²) in [6.45, 7) is 15.6. The van der Waals surface area contributed by atoms with Crippen LogP contribution in [0.5, 0.6) is 5.75 Å². The molecule has 0 radical (unpaired) electrons. The lowest BCUT2D eigenvalue weighted by Gasteiger charge is -2.32. The van der Waals surface area contributed by atoms with Gasteiger partial charge in [0, 0.05) is 17.8 Å². The minimum absolute atomic E-state index is 0.0405.